The monoisotopic (exact) mass is 296 g/mol. The van der Waals surface area contributed by atoms with Crippen molar-refractivity contribution >= 4 is 34.5 Å². The van der Waals surface area contributed by atoms with Gasteiger partial charge in [-0.25, -0.2) is 4.98 Å². The van der Waals surface area contributed by atoms with Gasteiger partial charge in [-0.3, -0.25) is 4.79 Å². The molecule has 0 spiro atoms. The number of methoxy groups -OCH3 is 1. The van der Waals surface area contributed by atoms with E-state index in [2.05, 4.69) is 10.3 Å². The van der Waals surface area contributed by atoms with Gasteiger partial charge in [0.05, 0.1) is 11.6 Å². The van der Waals surface area contributed by atoms with E-state index in [1.165, 1.54) is 7.11 Å². The van der Waals surface area contributed by atoms with Crippen molar-refractivity contribution in [2.75, 3.05) is 19.0 Å². The van der Waals surface area contributed by atoms with Gasteiger partial charge < -0.3 is 10.1 Å². The minimum atomic E-state index is -0.172. The van der Waals surface area contributed by atoms with Gasteiger partial charge in [0.15, 0.2) is 0 Å². The number of thiazole rings is 1. The minimum absolute atomic E-state index is 0.0489. The molecule has 0 bridgehead atoms. The van der Waals surface area contributed by atoms with Crippen molar-refractivity contribution in [3.8, 4) is 10.6 Å². The molecular weight excluding hydrogens is 284 g/mol. The molecule has 0 aliphatic heterocycles. The zero-order valence-electron chi connectivity index (χ0n) is 10.4. The number of hydrogen-bond acceptors (Lipinski definition) is 4. The number of rotatable bonds is 5. The fourth-order valence-electron chi connectivity index (χ4n) is 1.53. The summed E-state index contributed by atoms with van der Waals surface area (Å²) in [6.07, 6.45) is 0. The summed E-state index contributed by atoms with van der Waals surface area (Å²) in [5.74, 6) is 0.246. The standard InChI is InChI=1S/C13H13ClN2O2S/c1-18-7-12(17)15-10-4-2-9(3-5-10)13-16-11(6-14)8-19-13/h2-5,8H,6-7H2,1H3,(H,15,17). The highest BCUT2D eigenvalue weighted by Crippen LogP contribution is 2.25. The van der Waals surface area contributed by atoms with Gasteiger partial charge in [-0.15, -0.1) is 22.9 Å². The fraction of sp³-hybridized carbons (Fsp3) is 0.231. The van der Waals surface area contributed by atoms with Gasteiger partial charge >= 0.3 is 0 Å². The van der Waals surface area contributed by atoms with E-state index in [0.717, 1.165) is 22.0 Å². The molecular formula is C13H13ClN2O2S. The molecule has 1 amide bonds. The molecule has 4 nitrogen and oxygen atoms in total. The van der Waals surface area contributed by atoms with E-state index in [-0.39, 0.29) is 12.5 Å². The van der Waals surface area contributed by atoms with Crippen LogP contribution in [0.1, 0.15) is 5.69 Å². The van der Waals surface area contributed by atoms with E-state index in [0.29, 0.717) is 5.88 Å². The van der Waals surface area contributed by atoms with Gasteiger partial charge in [0, 0.05) is 23.7 Å². The summed E-state index contributed by atoms with van der Waals surface area (Å²) in [6.45, 7) is 0.0489. The summed E-state index contributed by atoms with van der Waals surface area (Å²) >= 11 is 7.28. The van der Waals surface area contributed by atoms with Gasteiger partial charge in [-0.2, -0.15) is 0 Å². The fourth-order valence-corrected chi connectivity index (χ4v) is 2.58. The highest BCUT2D eigenvalue weighted by Gasteiger charge is 2.05. The minimum Gasteiger partial charge on any atom is -0.375 e. The number of nitrogens with zero attached hydrogens (tertiary/aromatic N) is 1. The number of ether oxygens (including phenoxy) is 1. The topological polar surface area (TPSA) is 51.2 Å². The Bertz CT molecular complexity index is 554. The largest absolute Gasteiger partial charge is 0.375 e. The van der Waals surface area contributed by atoms with E-state index < -0.39 is 0 Å². The molecule has 0 saturated heterocycles. The molecule has 1 heterocycles. The average Bonchev–Trinajstić information content (AvgIpc) is 2.88. The summed E-state index contributed by atoms with van der Waals surface area (Å²) in [7, 11) is 1.49. The van der Waals surface area contributed by atoms with Crippen LogP contribution in [0.25, 0.3) is 10.6 Å². The average molecular weight is 297 g/mol. The first kappa shape index (κ1) is 14.0. The van der Waals surface area contributed by atoms with E-state index in [9.17, 15) is 4.79 Å². The second-order valence-corrected chi connectivity index (χ2v) is 4.96. The third-order valence-electron chi connectivity index (χ3n) is 2.38. The summed E-state index contributed by atoms with van der Waals surface area (Å²) in [5, 5.41) is 5.60. The molecule has 2 aromatic rings. The molecule has 0 atom stereocenters. The predicted octanol–water partition coefficient (Wildman–Crippen LogP) is 3.13. The Balaban J connectivity index is 2.07. The van der Waals surface area contributed by atoms with Crippen LogP contribution in [-0.4, -0.2) is 24.6 Å². The van der Waals surface area contributed by atoms with Gasteiger partial charge in [-0.1, -0.05) is 0 Å². The molecule has 0 aliphatic rings. The second kappa shape index (κ2) is 6.65. The van der Waals surface area contributed by atoms with Crippen molar-refractivity contribution in [3.63, 3.8) is 0 Å². The smallest absolute Gasteiger partial charge is 0.250 e. The summed E-state index contributed by atoms with van der Waals surface area (Å²) in [5.41, 5.74) is 2.62. The zero-order valence-corrected chi connectivity index (χ0v) is 11.9. The van der Waals surface area contributed by atoms with Crippen LogP contribution in [0, 0.1) is 0 Å². The van der Waals surface area contributed by atoms with Crippen molar-refractivity contribution < 1.29 is 9.53 Å². The van der Waals surface area contributed by atoms with Crippen LogP contribution in [0.4, 0.5) is 5.69 Å². The maximum atomic E-state index is 11.3. The van der Waals surface area contributed by atoms with Crippen molar-refractivity contribution in [2.45, 2.75) is 5.88 Å². The van der Waals surface area contributed by atoms with E-state index in [1.54, 1.807) is 11.3 Å². The van der Waals surface area contributed by atoms with Crippen LogP contribution < -0.4 is 5.32 Å². The molecule has 0 aliphatic carbocycles. The highest BCUT2D eigenvalue weighted by atomic mass is 35.5. The maximum absolute atomic E-state index is 11.3. The van der Waals surface area contributed by atoms with Crippen LogP contribution in [0.5, 0.6) is 0 Å². The lowest BCUT2D eigenvalue weighted by atomic mass is 10.2. The van der Waals surface area contributed by atoms with Crippen LogP contribution in [0.15, 0.2) is 29.6 Å². The van der Waals surface area contributed by atoms with Gasteiger partial charge in [0.2, 0.25) is 5.91 Å². The number of amides is 1. The molecule has 0 saturated carbocycles. The van der Waals surface area contributed by atoms with E-state index in [1.807, 2.05) is 29.6 Å². The number of carbonyl (C=O) groups excluding carboxylic acids is 1. The molecule has 0 fully saturated rings. The van der Waals surface area contributed by atoms with Crippen LogP contribution in [-0.2, 0) is 15.4 Å². The van der Waals surface area contributed by atoms with E-state index >= 15 is 0 Å². The van der Waals surface area contributed by atoms with Crippen LogP contribution >= 0.6 is 22.9 Å². The molecule has 100 valence electrons. The van der Waals surface area contributed by atoms with Gasteiger partial charge in [0.25, 0.3) is 0 Å². The van der Waals surface area contributed by atoms with E-state index in [4.69, 9.17) is 16.3 Å². The third-order valence-corrected chi connectivity index (χ3v) is 3.59. The number of hydrogen-bond donors (Lipinski definition) is 1. The summed E-state index contributed by atoms with van der Waals surface area (Å²) in [6, 6.07) is 7.51. The number of aromatic nitrogens is 1. The Morgan fingerprint density at radius 1 is 1.42 bits per heavy atom. The van der Waals surface area contributed by atoms with Crippen LogP contribution in [0.2, 0.25) is 0 Å². The molecule has 2 rings (SSSR count). The molecule has 1 aromatic heterocycles. The quantitative estimate of drug-likeness (QED) is 0.863. The summed E-state index contributed by atoms with van der Waals surface area (Å²) < 4.78 is 4.75. The number of halogens is 1. The van der Waals surface area contributed by atoms with Crippen LogP contribution in [0.3, 0.4) is 0 Å². The highest BCUT2D eigenvalue weighted by molar-refractivity contribution is 7.13. The predicted molar refractivity (Wildman–Crippen MR) is 77.6 cm³/mol. The van der Waals surface area contributed by atoms with Crippen molar-refractivity contribution in [3.05, 3.63) is 35.3 Å². The Morgan fingerprint density at radius 2 is 2.16 bits per heavy atom. The summed E-state index contributed by atoms with van der Waals surface area (Å²) in [4.78, 5) is 15.7. The number of carbonyl (C=O) groups is 1. The molecule has 1 N–H and O–H groups in total. The first-order valence-corrected chi connectivity index (χ1v) is 7.04. The Morgan fingerprint density at radius 3 is 2.74 bits per heavy atom. The molecule has 0 radical (unpaired) electrons. The zero-order chi connectivity index (χ0) is 13.7. The Kier molecular flexibility index (Phi) is 4.90. The molecule has 0 unspecified atom stereocenters. The Labute approximate surface area is 120 Å². The number of benzene rings is 1. The molecule has 19 heavy (non-hydrogen) atoms. The molecule has 1 aromatic carbocycles. The maximum Gasteiger partial charge on any atom is 0.250 e. The lowest BCUT2D eigenvalue weighted by Crippen LogP contribution is -2.16. The first-order chi connectivity index (χ1) is 9.22. The lowest BCUT2D eigenvalue weighted by Gasteiger charge is -2.04. The number of nitrogens with one attached hydrogen (secondary N) is 1. The van der Waals surface area contributed by atoms with Gasteiger partial charge in [-0.05, 0) is 24.3 Å². The second-order valence-electron chi connectivity index (χ2n) is 3.84. The normalized spacial score (nSPS) is 10.4. The van der Waals surface area contributed by atoms with Gasteiger partial charge in [0.1, 0.15) is 11.6 Å². The third kappa shape index (κ3) is 3.76. The molecule has 6 heteroatoms. The lowest BCUT2D eigenvalue weighted by molar-refractivity contribution is -0.119. The van der Waals surface area contributed by atoms with Crippen molar-refractivity contribution in [1.29, 1.82) is 0 Å². The van der Waals surface area contributed by atoms with Crippen molar-refractivity contribution in [2.24, 2.45) is 0 Å². The number of alkyl halides is 1. The SMILES string of the molecule is COCC(=O)Nc1ccc(-c2nc(CCl)cs2)cc1. The van der Waals surface area contributed by atoms with Crippen molar-refractivity contribution in [1.82, 2.24) is 4.98 Å². The Hall–Kier alpha value is -1.43. The first-order valence-electron chi connectivity index (χ1n) is 5.62. The number of anilines is 1.